The number of hydrogen-bond acceptors (Lipinski definition) is 6. The van der Waals surface area contributed by atoms with Crippen molar-refractivity contribution in [3.8, 4) is 6.07 Å². The zero-order valence-corrected chi connectivity index (χ0v) is 11.2. The third-order valence-corrected chi connectivity index (χ3v) is 3.39. The number of nitrogens with two attached hydrogens (primary N) is 1. The number of hydrogen-bond donors (Lipinski definition) is 2. The van der Waals surface area contributed by atoms with E-state index in [9.17, 15) is 4.79 Å². The molecular formula is C11H12N6OS. The van der Waals surface area contributed by atoms with Crippen LogP contribution in [0.1, 0.15) is 25.5 Å². The van der Waals surface area contributed by atoms with Crippen molar-refractivity contribution in [1.82, 2.24) is 19.7 Å². The fourth-order valence-electron chi connectivity index (χ4n) is 1.52. The molecule has 7 nitrogen and oxygen atoms in total. The zero-order valence-electron chi connectivity index (χ0n) is 10.4. The molecule has 2 aromatic heterocycles. The van der Waals surface area contributed by atoms with Crippen molar-refractivity contribution in [2.24, 2.45) is 0 Å². The summed E-state index contributed by atoms with van der Waals surface area (Å²) in [7, 11) is 0. The van der Waals surface area contributed by atoms with E-state index in [2.05, 4.69) is 15.2 Å². The van der Waals surface area contributed by atoms with Crippen molar-refractivity contribution in [3.63, 3.8) is 0 Å². The Labute approximate surface area is 113 Å². The highest BCUT2D eigenvalue weighted by Crippen LogP contribution is 2.29. The highest BCUT2D eigenvalue weighted by atomic mass is 32.2. The van der Waals surface area contributed by atoms with E-state index in [0.717, 1.165) is 0 Å². The zero-order chi connectivity index (χ0) is 14.0. The molecule has 0 aliphatic rings. The van der Waals surface area contributed by atoms with Gasteiger partial charge < -0.3 is 5.73 Å². The summed E-state index contributed by atoms with van der Waals surface area (Å²) >= 11 is 1.18. The van der Waals surface area contributed by atoms with Gasteiger partial charge in [0.05, 0.1) is 11.3 Å². The minimum absolute atomic E-state index is 0.0200. The third-order valence-electron chi connectivity index (χ3n) is 2.38. The molecule has 3 N–H and O–H groups in total. The van der Waals surface area contributed by atoms with Crippen molar-refractivity contribution in [2.75, 3.05) is 5.73 Å². The second-order valence-corrected chi connectivity index (χ2v) is 5.06. The number of H-pyrrole nitrogens is 1. The van der Waals surface area contributed by atoms with Gasteiger partial charge in [-0.3, -0.25) is 4.57 Å². The average molecular weight is 276 g/mol. The molecular weight excluding hydrogens is 264 g/mol. The van der Waals surface area contributed by atoms with Crippen LogP contribution < -0.4 is 11.4 Å². The van der Waals surface area contributed by atoms with Gasteiger partial charge in [0.1, 0.15) is 11.1 Å². The lowest BCUT2D eigenvalue weighted by Crippen LogP contribution is -2.19. The first kappa shape index (κ1) is 13.2. The molecule has 98 valence electrons. The first-order chi connectivity index (χ1) is 9.02. The Morgan fingerprint density at radius 2 is 2.32 bits per heavy atom. The van der Waals surface area contributed by atoms with Crippen LogP contribution in [0.4, 0.5) is 5.69 Å². The van der Waals surface area contributed by atoms with Gasteiger partial charge in [-0.15, -0.1) is 5.10 Å². The van der Waals surface area contributed by atoms with Crippen LogP contribution >= 0.6 is 11.8 Å². The van der Waals surface area contributed by atoms with Gasteiger partial charge in [0.25, 0.3) is 0 Å². The van der Waals surface area contributed by atoms with Crippen LogP contribution in [0, 0.1) is 11.3 Å². The van der Waals surface area contributed by atoms with E-state index in [1.54, 1.807) is 6.07 Å². The molecule has 0 saturated carbocycles. The Bertz CT molecular complexity index is 696. The molecule has 8 heteroatoms. The Kier molecular flexibility index (Phi) is 3.57. The molecule has 0 aliphatic carbocycles. The smallest absolute Gasteiger partial charge is 0.344 e. The summed E-state index contributed by atoms with van der Waals surface area (Å²) in [5.74, 6) is 0. The second-order valence-electron chi connectivity index (χ2n) is 4.11. The first-order valence-corrected chi connectivity index (χ1v) is 6.35. The maximum absolute atomic E-state index is 11.6. The molecule has 0 amide bonds. The van der Waals surface area contributed by atoms with E-state index in [1.165, 1.54) is 22.5 Å². The van der Waals surface area contributed by atoms with Gasteiger partial charge in [-0.05, 0) is 31.7 Å². The molecule has 0 bridgehead atoms. The number of nitrogens with zero attached hydrogens (tertiary/aromatic N) is 4. The van der Waals surface area contributed by atoms with E-state index in [-0.39, 0.29) is 11.7 Å². The summed E-state index contributed by atoms with van der Waals surface area (Å²) in [4.78, 5) is 15.7. The summed E-state index contributed by atoms with van der Waals surface area (Å²) in [6.45, 7) is 3.77. The predicted octanol–water partition coefficient (Wildman–Crippen LogP) is 1.15. The number of pyridine rings is 1. The standard InChI is InChI=1S/C11H12N6OS/c1-6(2)17-10(18)15-16-11(17)19-9-8(13)3-7(4-12)5-14-9/h3,5-6H,13H2,1-2H3,(H,15,18). The Morgan fingerprint density at radius 3 is 2.89 bits per heavy atom. The third kappa shape index (κ3) is 2.61. The maximum atomic E-state index is 11.6. The van der Waals surface area contributed by atoms with Gasteiger partial charge in [0.15, 0.2) is 5.16 Å². The number of rotatable bonds is 3. The van der Waals surface area contributed by atoms with Crippen LogP contribution in [0.15, 0.2) is 27.2 Å². The van der Waals surface area contributed by atoms with E-state index < -0.39 is 0 Å². The number of nitrogen functional groups attached to an aromatic ring is 1. The van der Waals surface area contributed by atoms with Crippen molar-refractivity contribution in [3.05, 3.63) is 28.3 Å². The van der Waals surface area contributed by atoms with E-state index in [0.29, 0.717) is 21.4 Å². The molecule has 19 heavy (non-hydrogen) atoms. The molecule has 2 heterocycles. The van der Waals surface area contributed by atoms with Crippen molar-refractivity contribution in [1.29, 1.82) is 5.26 Å². The van der Waals surface area contributed by atoms with Gasteiger partial charge in [0, 0.05) is 12.2 Å². The summed E-state index contributed by atoms with van der Waals surface area (Å²) < 4.78 is 1.52. The summed E-state index contributed by atoms with van der Waals surface area (Å²) in [6, 6.07) is 3.49. The normalized spacial score (nSPS) is 10.6. The number of anilines is 1. The maximum Gasteiger partial charge on any atom is 0.344 e. The van der Waals surface area contributed by atoms with Crippen LogP contribution in [-0.2, 0) is 0 Å². The average Bonchev–Trinajstić information content (AvgIpc) is 2.73. The lowest BCUT2D eigenvalue weighted by atomic mass is 10.3. The molecule has 0 aromatic carbocycles. The topological polar surface area (TPSA) is 113 Å². The minimum atomic E-state index is -0.273. The van der Waals surface area contributed by atoms with Crippen molar-refractivity contribution < 1.29 is 0 Å². The quantitative estimate of drug-likeness (QED) is 0.869. The van der Waals surface area contributed by atoms with Gasteiger partial charge in [-0.1, -0.05) is 0 Å². The van der Waals surface area contributed by atoms with Crippen molar-refractivity contribution >= 4 is 17.4 Å². The molecule has 0 fully saturated rings. The fourth-order valence-corrected chi connectivity index (χ4v) is 2.46. The van der Waals surface area contributed by atoms with Crippen molar-refractivity contribution in [2.45, 2.75) is 30.1 Å². The number of nitrogens with one attached hydrogen (secondary N) is 1. The monoisotopic (exact) mass is 276 g/mol. The number of nitriles is 1. The Balaban J connectivity index is 2.37. The Hall–Kier alpha value is -2.27. The largest absolute Gasteiger partial charge is 0.396 e. The highest BCUT2D eigenvalue weighted by molar-refractivity contribution is 7.99. The van der Waals surface area contributed by atoms with Crippen LogP contribution in [0.3, 0.4) is 0 Å². The van der Waals surface area contributed by atoms with Crippen LogP contribution in [-0.4, -0.2) is 19.7 Å². The SMILES string of the molecule is CC(C)n1c(Sc2ncc(C#N)cc2N)n[nH]c1=O. The van der Waals surface area contributed by atoms with Gasteiger partial charge >= 0.3 is 5.69 Å². The lowest BCUT2D eigenvalue weighted by Gasteiger charge is -2.08. The highest BCUT2D eigenvalue weighted by Gasteiger charge is 2.14. The van der Waals surface area contributed by atoms with E-state index >= 15 is 0 Å². The molecule has 2 rings (SSSR count). The molecule has 0 atom stereocenters. The summed E-state index contributed by atoms with van der Waals surface area (Å²) in [5.41, 5.74) is 6.32. The lowest BCUT2D eigenvalue weighted by molar-refractivity contribution is 0.534. The fraction of sp³-hybridized carbons (Fsp3) is 0.273. The van der Waals surface area contributed by atoms with Crippen LogP contribution in [0.2, 0.25) is 0 Å². The molecule has 0 spiro atoms. The predicted molar refractivity (Wildman–Crippen MR) is 70.7 cm³/mol. The summed E-state index contributed by atoms with van der Waals surface area (Å²) in [6.07, 6.45) is 1.43. The van der Waals surface area contributed by atoms with E-state index in [4.69, 9.17) is 11.0 Å². The number of aromatic amines is 1. The Morgan fingerprint density at radius 1 is 1.58 bits per heavy atom. The van der Waals surface area contributed by atoms with Crippen LogP contribution in [0.25, 0.3) is 0 Å². The minimum Gasteiger partial charge on any atom is -0.396 e. The summed E-state index contributed by atoms with van der Waals surface area (Å²) in [5, 5.41) is 16.1. The molecule has 0 unspecified atom stereocenters. The molecule has 0 radical (unpaired) electrons. The van der Waals surface area contributed by atoms with E-state index in [1.807, 2.05) is 19.9 Å². The first-order valence-electron chi connectivity index (χ1n) is 5.53. The second kappa shape index (κ2) is 5.16. The number of aromatic nitrogens is 4. The van der Waals surface area contributed by atoms with Crippen LogP contribution in [0.5, 0.6) is 0 Å². The van der Waals surface area contributed by atoms with Gasteiger partial charge in [-0.25, -0.2) is 14.9 Å². The molecule has 2 aromatic rings. The van der Waals surface area contributed by atoms with Gasteiger partial charge in [-0.2, -0.15) is 5.26 Å². The molecule has 0 aliphatic heterocycles. The van der Waals surface area contributed by atoms with Gasteiger partial charge in [0.2, 0.25) is 0 Å². The molecule has 0 saturated heterocycles.